The highest BCUT2D eigenvalue weighted by Gasteiger charge is 2.38. The summed E-state index contributed by atoms with van der Waals surface area (Å²) < 4.78 is 34.1. The standard InChI is InChI=1S/C48H45O7P/c1-28-22-25-37(34(7)31(28)4)46(49)40-16-10-13-19-43(40)53-56(52,54-44-20-14-11-17-41(44)47(50)38-26-23-29(2)32(5)35(38)8)55-45-21-15-12-18-42(45)48(51)39-27-24-30(3)33(6)36(39)9/h10-27H,1-9H3. The lowest BCUT2D eigenvalue weighted by Crippen LogP contribution is -2.15. The molecule has 0 heterocycles. The van der Waals surface area contributed by atoms with E-state index in [1.807, 2.05) is 80.5 Å². The van der Waals surface area contributed by atoms with Crippen molar-refractivity contribution in [3.8, 4) is 17.2 Å². The number of para-hydroxylation sites is 3. The van der Waals surface area contributed by atoms with Crippen molar-refractivity contribution in [1.82, 2.24) is 0 Å². The number of phosphoric ester groups is 1. The van der Waals surface area contributed by atoms with Crippen molar-refractivity contribution in [1.29, 1.82) is 0 Å². The van der Waals surface area contributed by atoms with Gasteiger partial charge in [-0.25, -0.2) is 0 Å². The van der Waals surface area contributed by atoms with E-state index in [2.05, 4.69) is 0 Å². The second-order valence-corrected chi connectivity index (χ2v) is 15.7. The smallest absolute Gasteiger partial charge is 0.385 e. The Kier molecular flexibility index (Phi) is 11.3. The van der Waals surface area contributed by atoms with Gasteiger partial charge in [-0.05, 0) is 149 Å². The number of hydrogen-bond donors (Lipinski definition) is 0. The van der Waals surface area contributed by atoms with E-state index >= 15 is 4.57 Å². The van der Waals surface area contributed by atoms with E-state index < -0.39 is 7.82 Å². The van der Waals surface area contributed by atoms with Crippen molar-refractivity contribution in [3.63, 3.8) is 0 Å². The van der Waals surface area contributed by atoms with Crippen molar-refractivity contribution in [3.05, 3.63) is 193 Å². The van der Waals surface area contributed by atoms with Crippen LogP contribution in [0.4, 0.5) is 0 Å². The first kappa shape index (κ1) is 39.6. The van der Waals surface area contributed by atoms with Gasteiger partial charge in [-0.2, -0.15) is 4.57 Å². The molecule has 6 rings (SSSR count). The van der Waals surface area contributed by atoms with Crippen molar-refractivity contribution >= 4 is 25.2 Å². The van der Waals surface area contributed by atoms with E-state index in [4.69, 9.17) is 13.6 Å². The number of phosphoric acid groups is 1. The lowest BCUT2D eigenvalue weighted by Gasteiger charge is -2.23. The molecule has 0 amide bonds. The predicted octanol–water partition coefficient (Wildman–Crippen LogP) is 11.8. The van der Waals surface area contributed by atoms with Gasteiger partial charge in [0.25, 0.3) is 0 Å². The normalized spacial score (nSPS) is 11.2. The van der Waals surface area contributed by atoms with E-state index in [1.165, 1.54) is 18.2 Å². The van der Waals surface area contributed by atoms with Crippen molar-refractivity contribution in [2.75, 3.05) is 0 Å². The Balaban J connectivity index is 1.48. The van der Waals surface area contributed by atoms with Crippen LogP contribution in [-0.4, -0.2) is 17.3 Å². The summed E-state index contributed by atoms with van der Waals surface area (Å²) in [5.41, 5.74) is 10.2. The van der Waals surface area contributed by atoms with Gasteiger partial charge >= 0.3 is 7.82 Å². The van der Waals surface area contributed by atoms with Crippen LogP contribution in [0, 0.1) is 62.3 Å². The number of rotatable bonds is 12. The minimum absolute atomic E-state index is 0.0684. The molecule has 6 aromatic carbocycles. The van der Waals surface area contributed by atoms with Crippen molar-refractivity contribution < 1.29 is 32.5 Å². The molecule has 284 valence electrons. The molecule has 0 saturated carbocycles. The summed E-state index contributed by atoms with van der Waals surface area (Å²) in [4.78, 5) is 42.5. The monoisotopic (exact) mass is 764 g/mol. The van der Waals surface area contributed by atoms with Gasteiger partial charge in [-0.3, -0.25) is 14.4 Å². The van der Waals surface area contributed by atoms with Gasteiger partial charge in [-0.1, -0.05) is 72.8 Å². The molecule has 0 aliphatic rings. The van der Waals surface area contributed by atoms with Gasteiger partial charge in [0.05, 0.1) is 16.7 Å². The fraction of sp³-hybridized carbons (Fsp3) is 0.188. The van der Waals surface area contributed by atoms with Crippen LogP contribution < -0.4 is 13.6 Å². The molecule has 7 nitrogen and oxygen atoms in total. The molecule has 0 aliphatic carbocycles. The molecular formula is C48H45O7P. The van der Waals surface area contributed by atoms with Crippen LogP contribution in [0.5, 0.6) is 17.2 Å². The number of ketones is 3. The zero-order chi connectivity index (χ0) is 40.5. The van der Waals surface area contributed by atoms with Crippen LogP contribution >= 0.6 is 7.82 Å². The Morgan fingerprint density at radius 2 is 0.589 bits per heavy atom. The molecule has 0 bridgehead atoms. The molecule has 8 heteroatoms. The van der Waals surface area contributed by atoms with E-state index in [-0.39, 0.29) is 51.3 Å². The highest BCUT2D eigenvalue weighted by molar-refractivity contribution is 7.49. The Morgan fingerprint density at radius 3 is 0.857 bits per heavy atom. The van der Waals surface area contributed by atoms with Gasteiger partial charge in [-0.15, -0.1) is 0 Å². The summed E-state index contributed by atoms with van der Waals surface area (Å²) in [5.74, 6) is -1.26. The Bertz CT molecular complexity index is 2320. The van der Waals surface area contributed by atoms with E-state index in [0.717, 1.165) is 50.1 Å². The zero-order valence-electron chi connectivity index (χ0n) is 33.2. The summed E-state index contributed by atoms with van der Waals surface area (Å²) in [6, 6.07) is 30.2. The fourth-order valence-electron chi connectivity index (χ4n) is 6.66. The van der Waals surface area contributed by atoms with Gasteiger partial charge in [0.1, 0.15) is 17.2 Å². The number of hydrogen-bond acceptors (Lipinski definition) is 7. The lowest BCUT2D eigenvalue weighted by molar-refractivity contribution is 0.102. The van der Waals surface area contributed by atoms with Crippen molar-refractivity contribution in [2.45, 2.75) is 62.3 Å². The maximum Gasteiger partial charge on any atom is 0.647 e. The molecule has 6 aromatic rings. The molecule has 0 aliphatic heterocycles. The quantitative estimate of drug-likeness (QED) is 0.0904. The van der Waals surface area contributed by atoms with Crippen molar-refractivity contribution in [2.24, 2.45) is 0 Å². The van der Waals surface area contributed by atoms with Gasteiger partial charge < -0.3 is 13.6 Å². The number of aryl methyl sites for hydroxylation is 3. The molecule has 0 aromatic heterocycles. The average molecular weight is 765 g/mol. The molecular weight excluding hydrogens is 719 g/mol. The average Bonchev–Trinajstić information content (AvgIpc) is 3.18. The van der Waals surface area contributed by atoms with Crippen LogP contribution in [0.2, 0.25) is 0 Å². The molecule has 0 fully saturated rings. The molecule has 56 heavy (non-hydrogen) atoms. The summed E-state index contributed by atoms with van der Waals surface area (Å²) in [6.07, 6.45) is 0. The first-order chi connectivity index (χ1) is 26.6. The molecule has 0 unspecified atom stereocenters. The number of carbonyl (C=O) groups excluding carboxylic acids is 3. The SMILES string of the molecule is Cc1ccc(C(=O)c2ccccc2OP(=O)(Oc2ccccc2C(=O)c2ccc(C)c(C)c2C)Oc2ccccc2C(=O)c2ccc(C)c(C)c2C)c(C)c1C. The Morgan fingerprint density at radius 1 is 0.339 bits per heavy atom. The van der Waals surface area contributed by atoms with E-state index in [1.54, 1.807) is 72.8 Å². The summed E-state index contributed by atoms with van der Waals surface area (Å²) >= 11 is 0. The van der Waals surface area contributed by atoms with E-state index in [0.29, 0.717) is 16.7 Å². The first-order valence-electron chi connectivity index (χ1n) is 18.4. The van der Waals surface area contributed by atoms with Crippen LogP contribution in [0.3, 0.4) is 0 Å². The Hall–Kier alpha value is -6.04. The minimum Gasteiger partial charge on any atom is -0.385 e. The van der Waals surface area contributed by atoms with Crippen LogP contribution in [0.1, 0.15) is 97.8 Å². The third-order valence-corrected chi connectivity index (χ3v) is 12.2. The predicted molar refractivity (Wildman–Crippen MR) is 221 cm³/mol. The highest BCUT2D eigenvalue weighted by Crippen LogP contribution is 2.52. The maximum atomic E-state index is 15.4. The van der Waals surface area contributed by atoms with Crippen LogP contribution in [-0.2, 0) is 4.57 Å². The minimum atomic E-state index is -4.90. The Labute approximate surface area is 328 Å². The summed E-state index contributed by atoms with van der Waals surface area (Å²) in [6.45, 7) is 17.4. The first-order valence-corrected chi connectivity index (χ1v) is 19.9. The fourth-order valence-corrected chi connectivity index (χ4v) is 7.97. The van der Waals surface area contributed by atoms with Gasteiger partial charge in [0.2, 0.25) is 0 Å². The second-order valence-electron chi connectivity index (χ2n) is 14.2. The summed E-state index contributed by atoms with van der Waals surface area (Å²) in [5, 5.41) is 0. The highest BCUT2D eigenvalue weighted by atomic mass is 31.2. The number of benzene rings is 6. The topological polar surface area (TPSA) is 96.0 Å². The molecule has 0 spiro atoms. The molecule has 0 N–H and O–H groups in total. The molecule has 0 saturated heterocycles. The molecule has 0 radical (unpaired) electrons. The third-order valence-electron chi connectivity index (χ3n) is 10.9. The largest absolute Gasteiger partial charge is 0.647 e. The van der Waals surface area contributed by atoms with E-state index in [9.17, 15) is 14.4 Å². The summed E-state index contributed by atoms with van der Waals surface area (Å²) in [7, 11) is -4.90. The second kappa shape index (κ2) is 16.0. The maximum absolute atomic E-state index is 15.4. The zero-order valence-corrected chi connectivity index (χ0v) is 34.1. The lowest BCUT2D eigenvalue weighted by atomic mass is 9.93. The molecule has 0 atom stereocenters. The third kappa shape index (κ3) is 7.73. The number of carbonyl (C=O) groups is 3. The van der Waals surface area contributed by atoms with Crippen LogP contribution in [0.25, 0.3) is 0 Å². The van der Waals surface area contributed by atoms with Crippen LogP contribution in [0.15, 0.2) is 109 Å². The van der Waals surface area contributed by atoms with Gasteiger partial charge in [0.15, 0.2) is 17.3 Å². The van der Waals surface area contributed by atoms with Gasteiger partial charge in [0, 0.05) is 16.7 Å².